The van der Waals surface area contributed by atoms with Gasteiger partial charge in [0.2, 0.25) is 0 Å². The number of nitrogens with one attached hydrogen (secondary N) is 1. The number of piperidine rings is 1. The van der Waals surface area contributed by atoms with E-state index in [1.807, 2.05) is 12.3 Å². The van der Waals surface area contributed by atoms with Crippen LogP contribution < -0.4 is 5.32 Å². The van der Waals surface area contributed by atoms with Gasteiger partial charge in [0.1, 0.15) is 0 Å². The molecular weight excluding hydrogens is 246 g/mol. The van der Waals surface area contributed by atoms with Crippen molar-refractivity contribution >= 4 is 16.6 Å². The van der Waals surface area contributed by atoms with Gasteiger partial charge in [-0.25, -0.2) is 0 Å². The number of rotatable bonds is 2. The minimum Gasteiger partial charge on any atom is -0.381 e. The van der Waals surface area contributed by atoms with Gasteiger partial charge < -0.3 is 5.32 Å². The molecule has 3 heterocycles. The Morgan fingerprint density at radius 2 is 2.10 bits per heavy atom. The Hall–Kier alpha value is -1.61. The monoisotopic (exact) mass is 267 g/mol. The van der Waals surface area contributed by atoms with Gasteiger partial charge in [-0.1, -0.05) is 12.5 Å². The van der Waals surface area contributed by atoms with Crippen LogP contribution in [0.15, 0.2) is 36.5 Å². The molecule has 0 amide bonds. The molecule has 2 aromatic rings. The molecular formula is C17H21N3. The molecule has 1 N–H and O–H groups in total. The van der Waals surface area contributed by atoms with Crippen molar-refractivity contribution in [2.45, 2.75) is 37.8 Å². The number of nitrogens with zero attached hydrogens (tertiary/aromatic N) is 2. The Bertz CT molecular complexity index is 610. The van der Waals surface area contributed by atoms with Crippen molar-refractivity contribution in [3.05, 3.63) is 36.5 Å². The molecule has 2 saturated heterocycles. The predicted octanol–water partition coefficient (Wildman–Crippen LogP) is 3.27. The summed E-state index contributed by atoms with van der Waals surface area (Å²) in [4.78, 5) is 7.05. The highest BCUT2D eigenvalue weighted by atomic mass is 15.2. The largest absolute Gasteiger partial charge is 0.381 e. The van der Waals surface area contributed by atoms with Crippen LogP contribution in [-0.4, -0.2) is 35.1 Å². The van der Waals surface area contributed by atoms with Gasteiger partial charge in [-0.15, -0.1) is 0 Å². The molecule has 0 radical (unpaired) electrons. The maximum absolute atomic E-state index is 4.38. The Balaban J connectivity index is 1.55. The van der Waals surface area contributed by atoms with Crippen LogP contribution in [0.2, 0.25) is 0 Å². The SMILES string of the molecule is c1cnc2ccc(NC3CCN4CCCCC34)cc2c1. The first kappa shape index (κ1) is 12.2. The van der Waals surface area contributed by atoms with Crippen LogP contribution in [0, 0.1) is 0 Å². The molecule has 2 atom stereocenters. The van der Waals surface area contributed by atoms with Crippen LogP contribution in [0.3, 0.4) is 0 Å². The summed E-state index contributed by atoms with van der Waals surface area (Å²) in [5, 5.41) is 4.98. The van der Waals surface area contributed by atoms with E-state index in [1.165, 1.54) is 49.8 Å². The average molecular weight is 267 g/mol. The lowest BCUT2D eigenvalue weighted by molar-refractivity contribution is 0.193. The summed E-state index contributed by atoms with van der Waals surface area (Å²) in [6.45, 7) is 2.56. The third kappa shape index (κ3) is 2.16. The smallest absolute Gasteiger partial charge is 0.0703 e. The number of anilines is 1. The second kappa shape index (κ2) is 5.06. The summed E-state index contributed by atoms with van der Waals surface area (Å²) in [6, 6.07) is 12.0. The maximum atomic E-state index is 4.38. The molecule has 104 valence electrons. The van der Waals surface area contributed by atoms with E-state index in [4.69, 9.17) is 0 Å². The van der Waals surface area contributed by atoms with Crippen molar-refractivity contribution in [1.82, 2.24) is 9.88 Å². The number of pyridine rings is 1. The van der Waals surface area contributed by atoms with Crippen molar-refractivity contribution in [1.29, 1.82) is 0 Å². The van der Waals surface area contributed by atoms with Gasteiger partial charge in [0, 0.05) is 35.9 Å². The maximum Gasteiger partial charge on any atom is 0.0703 e. The fraction of sp³-hybridized carbons (Fsp3) is 0.471. The van der Waals surface area contributed by atoms with Crippen molar-refractivity contribution in [3.8, 4) is 0 Å². The first-order valence-corrected chi connectivity index (χ1v) is 7.75. The third-order valence-corrected chi connectivity index (χ3v) is 4.81. The third-order valence-electron chi connectivity index (χ3n) is 4.81. The highest BCUT2D eigenvalue weighted by Gasteiger charge is 2.35. The molecule has 0 spiro atoms. The van der Waals surface area contributed by atoms with E-state index in [9.17, 15) is 0 Å². The molecule has 1 aromatic heterocycles. The van der Waals surface area contributed by atoms with E-state index in [1.54, 1.807) is 0 Å². The fourth-order valence-electron chi connectivity index (χ4n) is 3.80. The van der Waals surface area contributed by atoms with Crippen LogP contribution >= 0.6 is 0 Å². The summed E-state index contributed by atoms with van der Waals surface area (Å²) in [5.41, 5.74) is 2.31. The Morgan fingerprint density at radius 1 is 1.10 bits per heavy atom. The number of hydrogen-bond donors (Lipinski definition) is 1. The van der Waals surface area contributed by atoms with E-state index in [-0.39, 0.29) is 0 Å². The minimum atomic E-state index is 0.615. The van der Waals surface area contributed by atoms with Crippen LogP contribution in [-0.2, 0) is 0 Å². The topological polar surface area (TPSA) is 28.2 Å². The lowest BCUT2D eigenvalue weighted by Gasteiger charge is -2.33. The van der Waals surface area contributed by atoms with E-state index in [0.717, 1.165) is 11.6 Å². The van der Waals surface area contributed by atoms with Gasteiger partial charge in [-0.05, 0) is 50.1 Å². The van der Waals surface area contributed by atoms with Gasteiger partial charge >= 0.3 is 0 Å². The van der Waals surface area contributed by atoms with Crippen molar-refractivity contribution < 1.29 is 0 Å². The van der Waals surface area contributed by atoms with E-state index in [0.29, 0.717) is 6.04 Å². The predicted molar refractivity (Wildman–Crippen MR) is 83.0 cm³/mol. The number of benzene rings is 1. The normalized spacial score (nSPS) is 26.6. The molecule has 3 nitrogen and oxygen atoms in total. The lowest BCUT2D eigenvalue weighted by atomic mass is 9.99. The molecule has 0 aliphatic carbocycles. The summed E-state index contributed by atoms with van der Waals surface area (Å²) in [5.74, 6) is 0. The first-order valence-electron chi connectivity index (χ1n) is 7.75. The van der Waals surface area contributed by atoms with Gasteiger partial charge in [-0.2, -0.15) is 0 Å². The number of fused-ring (bicyclic) bond motifs is 2. The quantitative estimate of drug-likeness (QED) is 0.905. The van der Waals surface area contributed by atoms with E-state index in [2.05, 4.69) is 39.5 Å². The second-order valence-corrected chi connectivity index (χ2v) is 6.05. The van der Waals surface area contributed by atoms with Crippen LogP contribution in [0.5, 0.6) is 0 Å². The Labute approximate surface area is 120 Å². The molecule has 0 bridgehead atoms. The minimum absolute atomic E-state index is 0.615. The van der Waals surface area contributed by atoms with Crippen molar-refractivity contribution in [3.63, 3.8) is 0 Å². The zero-order chi connectivity index (χ0) is 13.4. The molecule has 20 heavy (non-hydrogen) atoms. The molecule has 2 unspecified atom stereocenters. The second-order valence-electron chi connectivity index (χ2n) is 6.05. The standard InChI is InChI=1S/C17H21N3/c1-2-10-20-11-8-16(17(20)5-1)19-14-6-7-15-13(12-14)4-3-9-18-15/h3-4,6-7,9,12,16-17,19H,1-2,5,8,10-11H2. The van der Waals surface area contributed by atoms with Gasteiger partial charge in [0.25, 0.3) is 0 Å². The lowest BCUT2D eigenvalue weighted by Crippen LogP contribution is -2.41. The first-order chi connectivity index (χ1) is 9.90. The Kier molecular flexibility index (Phi) is 3.07. The highest BCUT2D eigenvalue weighted by Crippen LogP contribution is 2.29. The van der Waals surface area contributed by atoms with Gasteiger partial charge in [0.15, 0.2) is 0 Å². The Morgan fingerprint density at radius 3 is 3.10 bits per heavy atom. The molecule has 4 rings (SSSR count). The van der Waals surface area contributed by atoms with Crippen LogP contribution in [0.4, 0.5) is 5.69 Å². The van der Waals surface area contributed by atoms with E-state index < -0.39 is 0 Å². The van der Waals surface area contributed by atoms with Gasteiger partial charge in [-0.3, -0.25) is 9.88 Å². The summed E-state index contributed by atoms with van der Waals surface area (Å²) < 4.78 is 0. The summed E-state index contributed by atoms with van der Waals surface area (Å²) >= 11 is 0. The van der Waals surface area contributed by atoms with Crippen molar-refractivity contribution in [2.75, 3.05) is 18.4 Å². The molecule has 1 aromatic carbocycles. The molecule has 2 aliphatic heterocycles. The molecule has 0 saturated carbocycles. The summed E-state index contributed by atoms with van der Waals surface area (Å²) in [7, 11) is 0. The zero-order valence-corrected chi connectivity index (χ0v) is 11.8. The van der Waals surface area contributed by atoms with Crippen molar-refractivity contribution in [2.24, 2.45) is 0 Å². The number of hydrogen-bond acceptors (Lipinski definition) is 3. The molecule has 3 heteroatoms. The summed E-state index contributed by atoms with van der Waals surface area (Å²) in [6.07, 6.45) is 7.25. The average Bonchev–Trinajstić information content (AvgIpc) is 2.91. The molecule has 2 aliphatic rings. The van der Waals surface area contributed by atoms with E-state index >= 15 is 0 Å². The fourth-order valence-corrected chi connectivity index (χ4v) is 3.80. The van der Waals surface area contributed by atoms with Gasteiger partial charge in [0.05, 0.1) is 5.52 Å². The zero-order valence-electron chi connectivity index (χ0n) is 11.8. The van der Waals surface area contributed by atoms with Crippen LogP contribution in [0.1, 0.15) is 25.7 Å². The van der Waals surface area contributed by atoms with Crippen LogP contribution in [0.25, 0.3) is 10.9 Å². The molecule has 2 fully saturated rings. The highest BCUT2D eigenvalue weighted by molar-refractivity contribution is 5.82. The number of aromatic nitrogens is 1.